The third-order valence-electron chi connectivity index (χ3n) is 4.14. The molecule has 0 spiro atoms. The zero-order chi connectivity index (χ0) is 18.4. The molecule has 0 aliphatic heterocycles. The number of rotatable bonds is 7. The van der Waals surface area contributed by atoms with Crippen molar-refractivity contribution < 1.29 is 0 Å². The molecule has 0 saturated carbocycles. The highest BCUT2D eigenvalue weighted by Crippen LogP contribution is 2.18. The summed E-state index contributed by atoms with van der Waals surface area (Å²) in [6.45, 7) is 1.42. The van der Waals surface area contributed by atoms with E-state index in [9.17, 15) is 0 Å². The van der Waals surface area contributed by atoms with Crippen molar-refractivity contribution in [1.82, 2.24) is 19.7 Å². The molecule has 0 amide bonds. The van der Waals surface area contributed by atoms with Crippen LogP contribution in [0, 0.1) is 11.3 Å². The Balaban J connectivity index is 1.57. The molecule has 1 aromatic carbocycles. The average molecular weight is 347 g/mol. The lowest BCUT2D eigenvalue weighted by atomic mass is 10.2. The molecular weight excluding hydrogens is 326 g/mol. The molecule has 132 valence electrons. The van der Waals surface area contributed by atoms with Crippen molar-refractivity contribution in [3.05, 3.63) is 54.5 Å². The van der Waals surface area contributed by atoms with Crippen molar-refractivity contribution in [3.63, 3.8) is 0 Å². The molecule has 0 bridgehead atoms. The van der Waals surface area contributed by atoms with Crippen molar-refractivity contribution in [3.8, 4) is 17.5 Å². The van der Waals surface area contributed by atoms with Gasteiger partial charge in [0.15, 0.2) is 5.82 Å². The van der Waals surface area contributed by atoms with Gasteiger partial charge in [0.05, 0.1) is 12.5 Å². The van der Waals surface area contributed by atoms with E-state index in [4.69, 9.17) is 5.26 Å². The third-order valence-corrected chi connectivity index (χ3v) is 4.14. The standard InChI is InChI=1S/C19H21N7/c1-25(11-3-10-20)17-7-4-15(5-8-17)12-21-18-9-6-16(13-22-18)19-24-23-14-26(19)2/h4-9,13-14H,3,11-12H2,1-2H3,(H,21,22). The molecule has 3 aromatic rings. The van der Waals surface area contributed by atoms with Gasteiger partial charge in [0.2, 0.25) is 0 Å². The van der Waals surface area contributed by atoms with Crippen molar-refractivity contribution in [2.75, 3.05) is 23.8 Å². The zero-order valence-electron chi connectivity index (χ0n) is 14.9. The minimum atomic E-state index is 0.524. The molecule has 0 fully saturated rings. The lowest BCUT2D eigenvalue weighted by Gasteiger charge is -2.18. The van der Waals surface area contributed by atoms with Gasteiger partial charge in [0.1, 0.15) is 12.1 Å². The topological polar surface area (TPSA) is 82.7 Å². The second kappa shape index (κ2) is 8.12. The smallest absolute Gasteiger partial charge is 0.165 e. The molecule has 0 aliphatic rings. The summed E-state index contributed by atoms with van der Waals surface area (Å²) >= 11 is 0. The lowest BCUT2D eigenvalue weighted by Crippen LogP contribution is -2.17. The van der Waals surface area contributed by atoms with Gasteiger partial charge in [-0.1, -0.05) is 12.1 Å². The molecule has 0 atom stereocenters. The van der Waals surface area contributed by atoms with Crippen LogP contribution in [0.4, 0.5) is 11.5 Å². The van der Waals surface area contributed by atoms with Gasteiger partial charge in [-0.3, -0.25) is 0 Å². The number of nitrogens with zero attached hydrogens (tertiary/aromatic N) is 6. The maximum Gasteiger partial charge on any atom is 0.165 e. The fourth-order valence-corrected chi connectivity index (χ4v) is 2.58. The van der Waals surface area contributed by atoms with Crippen LogP contribution in [-0.4, -0.2) is 33.3 Å². The van der Waals surface area contributed by atoms with E-state index in [1.54, 1.807) is 12.5 Å². The number of hydrogen-bond donors (Lipinski definition) is 1. The van der Waals surface area contributed by atoms with Crippen LogP contribution in [0.2, 0.25) is 0 Å². The van der Waals surface area contributed by atoms with Crippen molar-refractivity contribution in [1.29, 1.82) is 5.26 Å². The first-order valence-electron chi connectivity index (χ1n) is 8.38. The molecule has 3 rings (SSSR count). The molecule has 26 heavy (non-hydrogen) atoms. The molecular formula is C19H21N7. The molecule has 2 aromatic heterocycles. The zero-order valence-corrected chi connectivity index (χ0v) is 14.9. The van der Waals surface area contributed by atoms with Crippen LogP contribution in [-0.2, 0) is 13.6 Å². The molecule has 7 heteroatoms. The molecule has 0 unspecified atom stereocenters. The van der Waals surface area contributed by atoms with Crippen LogP contribution < -0.4 is 10.2 Å². The minimum absolute atomic E-state index is 0.524. The summed E-state index contributed by atoms with van der Waals surface area (Å²) < 4.78 is 1.86. The molecule has 1 N–H and O–H groups in total. The van der Waals surface area contributed by atoms with E-state index in [0.29, 0.717) is 13.0 Å². The van der Waals surface area contributed by atoms with E-state index in [2.05, 4.69) is 55.7 Å². The van der Waals surface area contributed by atoms with E-state index >= 15 is 0 Å². The number of hydrogen-bond acceptors (Lipinski definition) is 6. The van der Waals surface area contributed by atoms with Gasteiger partial charge in [-0.05, 0) is 29.8 Å². The highest BCUT2D eigenvalue weighted by Gasteiger charge is 2.05. The average Bonchev–Trinajstić information content (AvgIpc) is 3.11. The van der Waals surface area contributed by atoms with Crippen molar-refractivity contribution in [2.45, 2.75) is 13.0 Å². The van der Waals surface area contributed by atoms with E-state index < -0.39 is 0 Å². The number of benzene rings is 1. The Bertz CT molecular complexity index is 876. The summed E-state index contributed by atoms with van der Waals surface area (Å²) in [6, 6.07) is 14.4. The van der Waals surface area contributed by atoms with Crippen LogP contribution in [0.5, 0.6) is 0 Å². The second-order valence-corrected chi connectivity index (χ2v) is 6.05. The van der Waals surface area contributed by atoms with E-state index in [1.807, 2.05) is 30.8 Å². The van der Waals surface area contributed by atoms with Gasteiger partial charge in [-0.15, -0.1) is 10.2 Å². The lowest BCUT2D eigenvalue weighted by molar-refractivity contribution is 0.904. The Kier molecular flexibility index (Phi) is 5.44. The summed E-state index contributed by atoms with van der Waals surface area (Å²) in [5.74, 6) is 1.60. The van der Waals surface area contributed by atoms with Gasteiger partial charge in [0.25, 0.3) is 0 Å². The van der Waals surface area contributed by atoms with Gasteiger partial charge in [0, 0.05) is 44.6 Å². The van der Waals surface area contributed by atoms with E-state index in [-0.39, 0.29) is 0 Å². The Morgan fingerprint density at radius 2 is 2.00 bits per heavy atom. The van der Waals surface area contributed by atoms with Gasteiger partial charge in [-0.25, -0.2) is 4.98 Å². The van der Waals surface area contributed by atoms with Crippen LogP contribution in [0.1, 0.15) is 12.0 Å². The summed E-state index contributed by atoms with van der Waals surface area (Å²) in [7, 11) is 3.90. The number of aryl methyl sites for hydroxylation is 1. The Labute approximate surface area is 152 Å². The summed E-state index contributed by atoms with van der Waals surface area (Å²) in [5, 5.41) is 20.0. The van der Waals surface area contributed by atoms with Gasteiger partial charge in [-0.2, -0.15) is 5.26 Å². The second-order valence-electron chi connectivity index (χ2n) is 6.05. The SMILES string of the molecule is CN(CCC#N)c1ccc(CNc2ccc(-c3nncn3C)cn2)cc1. The van der Waals surface area contributed by atoms with E-state index in [1.165, 1.54) is 5.56 Å². The Morgan fingerprint density at radius 1 is 1.19 bits per heavy atom. The summed E-state index contributed by atoms with van der Waals surface area (Å²) in [5.41, 5.74) is 3.21. The number of pyridine rings is 1. The normalized spacial score (nSPS) is 10.3. The molecule has 0 radical (unpaired) electrons. The maximum absolute atomic E-state index is 8.67. The third kappa shape index (κ3) is 4.16. The molecule has 7 nitrogen and oxygen atoms in total. The highest BCUT2D eigenvalue weighted by atomic mass is 15.2. The number of nitriles is 1. The summed E-state index contributed by atoms with van der Waals surface area (Å²) in [4.78, 5) is 6.52. The fraction of sp³-hybridized carbons (Fsp3) is 0.263. The van der Waals surface area contributed by atoms with Crippen LogP contribution in [0.25, 0.3) is 11.4 Å². The Morgan fingerprint density at radius 3 is 2.62 bits per heavy atom. The minimum Gasteiger partial charge on any atom is -0.374 e. The molecule has 0 aliphatic carbocycles. The number of aromatic nitrogens is 4. The summed E-state index contributed by atoms with van der Waals surface area (Å²) in [6.07, 6.45) is 3.98. The largest absolute Gasteiger partial charge is 0.374 e. The first-order valence-corrected chi connectivity index (χ1v) is 8.38. The molecule has 2 heterocycles. The van der Waals surface area contributed by atoms with Crippen molar-refractivity contribution in [2.24, 2.45) is 7.05 Å². The van der Waals surface area contributed by atoms with Crippen molar-refractivity contribution >= 4 is 11.5 Å². The monoisotopic (exact) mass is 347 g/mol. The molecule has 0 saturated heterocycles. The Hall–Kier alpha value is -3.40. The predicted octanol–water partition coefficient (Wildman–Crippen LogP) is 2.84. The number of anilines is 2. The van der Waals surface area contributed by atoms with E-state index in [0.717, 1.165) is 29.4 Å². The number of nitrogens with one attached hydrogen (secondary N) is 1. The van der Waals surface area contributed by atoms with Gasteiger partial charge >= 0.3 is 0 Å². The van der Waals surface area contributed by atoms with Gasteiger partial charge < -0.3 is 14.8 Å². The fourth-order valence-electron chi connectivity index (χ4n) is 2.58. The first-order chi connectivity index (χ1) is 12.7. The van der Waals surface area contributed by atoms with Crippen LogP contribution in [0.15, 0.2) is 48.9 Å². The first kappa shape index (κ1) is 17.4. The predicted molar refractivity (Wildman–Crippen MR) is 102 cm³/mol. The highest BCUT2D eigenvalue weighted by molar-refractivity contribution is 5.56. The quantitative estimate of drug-likeness (QED) is 0.708. The maximum atomic E-state index is 8.67. The van der Waals surface area contributed by atoms with Crippen LogP contribution >= 0.6 is 0 Å². The van der Waals surface area contributed by atoms with Crippen LogP contribution in [0.3, 0.4) is 0 Å².